The highest BCUT2D eigenvalue weighted by atomic mass is 19.4. The summed E-state index contributed by atoms with van der Waals surface area (Å²) in [7, 11) is 0. The minimum Gasteiger partial charge on any atom is -0.378 e. The molecule has 1 saturated carbocycles. The van der Waals surface area contributed by atoms with Crippen LogP contribution in [-0.2, 0) is 16.1 Å². The maximum Gasteiger partial charge on any atom is 0.403 e. The fourth-order valence-corrected chi connectivity index (χ4v) is 5.30. The van der Waals surface area contributed by atoms with Gasteiger partial charge >= 0.3 is 6.18 Å². The average Bonchev–Trinajstić information content (AvgIpc) is 3.05. The van der Waals surface area contributed by atoms with Gasteiger partial charge in [0.2, 0.25) is 5.91 Å². The van der Waals surface area contributed by atoms with Crippen molar-refractivity contribution in [3.63, 3.8) is 0 Å². The van der Waals surface area contributed by atoms with Crippen LogP contribution in [-0.4, -0.2) is 55.5 Å². The number of hydrogen-bond donors (Lipinski definition) is 2. The summed E-state index contributed by atoms with van der Waals surface area (Å²) in [6, 6.07) is 8.12. The van der Waals surface area contributed by atoms with Crippen molar-refractivity contribution in [1.29, 1.82) is 0 Å². The van der Waals surface area contributed by atoms with Crippen molar-refractivity contribution in [3.8, 4) is 0 Å². The van der Waals surface area contributed by atoms with Gasteiger partial charge in [0.25, 0.3) is 0 Å². The number of ether oxygens (including phenoxy) is 1. The van der Waals surface area contributed by atoms with E-state index in [4.69, 9.17) is 4.74 Å². The molecule has 7 nitrogen and oxygen atoms in total. The fraction of sp³-hybridized carbons (Fsp3) is 0.538. The summed E-state index contributed by atoms with van der Waals surface area (Å²) in [6.45, 7) is 4.44. The predicted molar refractivity (Wildman–Crippen MR) is 133 cm³/mol. The van der Waals surface area contributed by atoms with Crippen LogP contribution in [0.3, 0.4) is 0 Å². The zero-order chi connectivity index (χ0) is 25.3. The van der Waals surface area contributed by atoms with Gasteiger partial charge in [-0.2, -0.15) is 13.2 Å². The largest absolute Gasteiger partial charge is 0.403 e. The van der Waals surface area contributed by atoms with Gasteiger partial charge in [0.05, 0.1) is 31.1 Å². The molecule has 5 rings (SSSR count). The first-order valence-corrected chi connectivity index (χ1v) is 12.6. The van der Waals surface area contributed by atoms with E-state index in [1.807, 2.05) is 29.2 Å². The van der Waals surface area contributed by atoms with Gasteiger partial charge in [0.1, 0.15) is 11.9 Å². The molecule has 3 aliphatic rings. The summed E-state index contributed by atoms with van der Waals surface area (Å²) in [5, 5.41) is 6.10. The molecule has 0 radical (unpaired) electrons. The van der Waals surface area contributed by atoms with Crippen LogP contribution in [0.15, 0.2) is 36.5 Å². The van der Waals surface area contributed by atoms with E-state index in [1.54, 1.807) is 6.20 Å². The number of fused-ring (bicyclic) bond motifs is 2. The third kappa shape index (κ3) is 5.29. The minimum absolute atomic E-state index is 0.0104. The molecular weight excluding hydrogens is 471 g/mol. The van der Waals surface area contributed by atoms with Crippen LogP contribution in [0, 0.1) is 5.92 Å². The van der Waals surface area contributed by atoms with E-state index in [9.17, 15) is 18.0 Å². The predicted octanol–water partition coefficient (Wildman–Crippen LogP) is 4.61. The Balaban J connectivity index is 1.37. The van der Waals surface area contributed by atoms with Gasteiger partial charge in [-0.1, -0.05) is 6.07 Å². The number of nitrogens with one attached hydrogen (secondary N) is 2. The summed E-state index contributed by atoms with van der Waals surface area (Å²) in [5.41, 5.74) is 3.56. The number of aromatic nitrogens is 1. The van der Waals surface area contributed by atoms with E-state index in [0.29, 0.717) is 45.4 Å². The number of carbonyl (C=O) groups excluding carboxylic acids is 1. The standard InChI is InChI=1S/C26H32F3N5O2/c1-17(26(27,28)29)31-20-6-4-18(5-7-20)25(35)34-16-19-3-2-10-30-24(19)32-22-9-8-21(15-23(22)34)33-11-13-36-14-12-33/h2-3,8-10,15,17-18,20,31H,4-7,11-14,16H2,1H3,(H,30,32)/t17?,18-,20-. The van der Waals surface area contributed by atoms with Crippen LogP contribution in [0.1, 0.15) is 38.2 Å². The van der Waals surface area contributed by atoms with E-state index in [-0.39, 0.29) is 17.9 Å². The van der Waals surface area contributed by atoms with Crippen LogP contribution in [0.4, 0.5) is 36.1 Å². The molecule has 1 aromatic carbocycles. The van der Waals surface area contributed by atoms with Crippen LogP contribution >= 0.6 is 0 Å². The van der Waals surface area contributed by atoms with Gasteiger partial charge in [0, 0.05) is 42.5 Å². The third-order valence-corrected chi connectivity index (χ3v) is 7.44. The zero-order valence-electron chi connectivity index (χ0n) is 20.4. The Morgan fingerprint density at radius 2 is 1.92 bits per heavy atom. The highest BCUT2D eigenvalue weighted by Gasteiger charge is 2.39. The van der Waals surface area contributed by atoms with Gasteiger partial charge in [0.15, 0.2) is 0 Å². The van der Waals surface area contributed by atoms with E-state index in [2.05, 4.69) is 26.6 Å². The van der Waals surface area contributed by atoms with Crippen LogP contribution in [0.2, 0.25) is 0 Å². The zero-order valence-corrected chi connectivity index (χ0v) is 20.4. The Kier molecular flexibility index (Phi) is 7.07. The smallest absolute Gasteiger partial charge is 0.378 e. The maximum atomic E-state index is 13.9. The summed E-state index contributed by atoms with van der Waals surface area (Å²) in [6.07, 6.45) is -0.341. The Labute approximate surface area is 209 Å². The van der Waals surface area contributed by atoms with E-state index >= 15 is 0 Å². The number of anilines is 4. The molecule has 0 spiro atoms. The topological polar surface area (TPSA) is 69.7 Å². The SMILES string of the molecule is CC(N[C@H]1CC[C@H](C(=O)N2Cc3cccnc3Nc3ccc(N4CCOCC4)cc32)CC1)C(F)(F)F. The molecule has 1 amide bonds. The van der Waals surface area contributed by atoms with E-state index in [1.165, 1.54) is 0 Å². The second-order valence-electron chi connectivity index (χ2n) is 9.84. The molecule has 1 atom stereocenters. The summed E-state index contributed by atoms with van der Waals surface area (Å²) < 4.78 is 44.4. The molecule has 2 aromatic rings. The molecule has 3 heterocycles. The van der Waals surface area contributed by atoms with Crippen molar-refractivity contribution in [2.24, 2.45) is 5.92 Å². The summed E-state index contributed by atoms with van der Waals surface area (Å²) >= 11 is 0. The number of hydrogen-bond acceptors (Lipinski definition) is 6. The number of benzene rings is 1. The Morgan fingerprint density at radius 1 is 1.17 bits per heavy atom. The molecular formula is C26H32F3N5O2. The second kappa shape index (κ2) is 10.3. The maximum absolute atomic E-state index is 13.9. The molecule has 0 bridgehead atoms. The van der Waals surface area contributed by atoms with E-state index in [0.717, 1.165) is 48.5 Å². The number of morpholine rings is 1. The number of carbonyl (C=O) groups is 1. The highest BCUT2D eigenvalue weighted by molar-refractivity contribution is 6.00. The molecule has 1 saturated heterocycles. The molecule has 2 aliphatic heterocycles. The van der Waals surface area contributed by atoms with Gasteiger partial charge < -0.3 is 25.2 Å². The lowest BCUT2D eigenvalue weighted by Crippen LogP contribution is -2.47. The van der Waals surface area contributed by atoms with Crippen molar-refractivity contribution in [3.05, 3.63) is 42.1 Å². The molecule has 1 aliphatic carbocycles. The minimum atomic E-state index is -4.27. The number of alkyl halides is 3. The lowest BCUT2D eigenvalue weighted by Gasteiger charge is -2.34. The second-order valence-corrected chi connectivity index (χ2v) is 9.84. The normalized spacial score (nSPS) is 23.2. The summed E-state index contributed by atoms with van der Waals surface area (Å²) in [4.78, 5) is 22.5. The van der Waals surface area contributed by atoms with Gasteiger partial charge in [-0.05, 0) is 56.9 Å². The first-order valence-electron chi connectivity index (χ1n) is 12.6. The Hall–Kier alpha value is -2.85. The van der Waals surface area contributed by atoms with Crippen LogP contribution in [0.5, 0.6) is 0 Å². The molecule has 36 heavy (non-hydrogen) atoms. The first-order chi connectivity index (χ1) is 17.3. The lowest BCUT2D eigenvalue weighted by molar-refractivity contribution is -0.154. The lowest BCUT2D eigenvalue weighted by atomic mass is 9.84. The molecule has 1 aromatic heterocycles. The van der Waals surface area contributed by atoms with Crippen LogP contribution < -0.4 is 20.4 Å². The molecule has 2 N–H and O–H groups in total. The highest BCUT2D eigenvalue weighted by Crippen LogP contribution is 2.40. The van der Waals surface area contributed by atoms with Gasteiger partial charge in [-0.15, -0.1) is 0 Å². The molecule has 10 heteroatoms. The van der Waals surface area contributed by atoms with Gasteiger partial charge in [-0.25, -0.2) is 4.98 Å². The number of nitrogens with zero attached hydrogens (tertiary/aromatic N) is 3. The quantitative estimate of drug-likeness (QED) is 0.635. The fourth-order valence-electron chi connectivity index (χ4n) is 5.30. The van der Waals surface area contributed by atoms with Crippen molar-refractivity contribution >= 4 is 28.8 Å². The molecule has 2 fully saturated rings. The average molecular weight is 504 g/mol. The van der Waals surface area contributed by atoms with Crippen LogP contribution in [0.25, 0.3) is 0 Å². The Morgan fingerprint density at radius 3 is 2.64 bits per heavy atom. The van der Waals surface area contributed by atoms with Crippen molar-refractivity contribution in [2.75, 3.05) is 41.4 Å². The Bertz CT molecular complexity index is 1080. The van der Waals surface area contributed by atoms with Crippen molar-refractivity contribution < 1.29 is 22.7 Å². The molecule has 194 valence electrons. The monoisotopic (exact) mass is 503 g/mol. The number of rotatable bonds is 4. The summed E-state index contributed by atoms with van der Waals surface area (Å²) in [5.74, 6) is 0.501. The van der Waals surface area contributed by atoms with Crippen molar-refractivity contribution in [2.45, 2.75) is 57.4 Å². The van der Waals surface area contributed by atoms with E-state index < -0.39 is 12.2 Å². The third-order valence-electron chi connectivity index (χ3n) is 7.44. The number of pyridine rings is 1. The van der Waals surface area contributed by atoms with Gasteiger partial charge in [-0.3, -0.25) is 4.79 Å². The molecule has 1 unspecified atom stereocenters. The number of amides is 1. The number of halogens is 3. The first kappa shape index (κ1) is 24.8. The van der Waals surface area contributed by atoms with Crippen molar-refractivity contribution in [1.82, 2.24) is 10.3 Å².